The van der Waals surface area contributed by atoms with E-state index in [1.807, 2.05) is 45.0 Å². The SMILES string of the molecule is Cc1ccc(NC(=O)COC(=O)CCC(=O)Nc2ccc(Oc3cc(C)cc(C)c3)cc2)cc1. The smallest absolute Gasteiger partial charge is 0.306 e. The number of aryl methyl sites for hydroxylation is 3. The number of rotatable bonds is 9. The van der Waals surface area contributed by atoms with Gasteiger partial charge in [0.25, 0.3) is 5.91 Å². The van der Waals surface area contributed by atoms with E-state index in [0.29, 0.717) is 17.1 Å². The first-order valence-corrected chi connectivity index (χ1v) is 10.9. The minimum atomic E-state index is -0.619. The van der Waals surface area contributed by atoms with Crippen molar-refractivity contribution in [2.75, 3.05) is 17.2 Å². The van der Waals surface area contributed by atoms with Gasteiger partial charge in [0.15, 0.2) is 6.61 Å². The molecule has 0 saturated carbocycles. The molecule has 7 nitrogen and oxygen atoms in total. The number of amides is 2. The van der Waals surface area contributed by atoms with E-state index in [-0.39, 0.29) is 18.7 Å². The van der Waals surface area contributed by atoms with Gasteiger partial charge < -0.3 is 20.1 Å². The molecule has 0 radical (unpaired) electrons. The maximum atomic E-state index is 12.1. The summed E-state index contributed by atoms with van der Waals surface area (Å²) in [7, 11) is 0. The molecule has 7 heteroatoms. The van der Waals surface area contributed by atoms with Crippen molar-refractivity contribution in [2.24, 2.45) is 0 Å². The first-order valence-electron chi connectivity index (χ1n) is 10.9. The van der Waals surface area contributed by atoms with Crippen LogP contribution in [0.25, 0.3) is 0 Å². The van der Waals surface area contributed by atoms with Crippen molar-refractivity contribution in [1.82, 2.24) is 0 Å². The zero-order valence-electron chi connectivity index (χ0n) is 19.5. The largest absolute Gasteiger partial charge is 0.457 e. The Morgan fingerprint density at radius 2 is 1.21 bits per heavy atom. The Morgan fingerprint density at radius 1 is 0.647 bits per heavy atom. The number of carbonyl (C=O) groups excluding carboxylic acids is 3. The average molecular weight is 461 g/mol. The van der Waals surface area contributed by atoms with Crippen molar-refractivity contribution in [3.8, 4) is 11.5 Å². The van der Waals surface area contributed by atoms with Crippen molar-refractivity contribution in [3.05, 3.63) is 83.4 Å². The number of benzene rings is 3. The standard InChI is InChI=1S/C27H28N2O5/c1-18-4-6-21(7-5-18)29-26(31)17-33-27(32)13-12-25(30)28-22-8-10-23(11-9-22)34-24-15-19(2)14-20(3)16-24/h4-11,14-16H,12-13,17H2,1-3H3,(H,28,30)(H,29,31). The Morgan fingerprint density at radius 3 is 1.82 bits per heavy atom. The van der Waals surface area contributed by atoms with Crippen molar-refractivity contribution < 1.29 is 23.9 Å². The fourth-order valence-corrected chi connectivity index (χ4v) is 3.23. The summed E-state index contributed by atoms with van der Waals surface area (Å²) in [4.78, 5) is 35.9. The summed E-state index contributed by atoms with van der Waals surface area (Å²) in [5, 5.41) is 5.37. The van der Waals surface area contributed by atoms with Crippen LogP contribution in [0.1, 0.15) is 29.5 Å². The maximum Gasteiger partial charge on any atom is 0.306 e. The zero-order chi connectivity index (χ0) is 24.5. The lowest BCUT2D eigenvalue weighted by molar-refractivity contribution is -0.147. The summed E-state index contributed by atoms with van der Waals surface area (Å²) in [6, 6.07) is 20.2. The second kappa shape index (κ2) is 11.7. The van der Waals surface area contributed by atoms with E-state index in [9.17, 15) is 14.4 Å². The Bertz CT molecular complexity index is 1130. The number of hydrogen-bond donors (Lipinski definition) is 2. The van der Waals surface area contributed by atoms with E-state index >= 15 is 0 Å². The molecule has 0 fully saturated rings. The second-order valence-electron chi connectivity index (χ2n) is 8.07. The summed E-state index contributed by atoms with van der Waals surface area (Å²) in [5.74, 6) is 0.0102. The van der Waals surface area contributed by atoms with E-state index < -0.39 is 18.5 Å². The van der Waals surface area contributed by atoms with Gasteiger partial charge in [0.1, 0.15) is 11.5 Å². The topological polar surface area (TPSA) is 93.7 Å². The van der Waals surface area contributed by atoms with E-state index in [2.05, 4.69) is 16.7 Å². The third-order valence-corrected chi connectivity index (χ3v) is 4.82. The first-order chi connectivity index (χ1) is 16.3. The molecule has 0 aliphatic rings. The number of nitrogens with one attached hydrogen (secondary N) is 2. The van der Waals surface area contributed by atoms with Crippen LogP contribution in [0.5, 0.6) is 11.5 Å². The molecular weight excluding hydrogens is 432 g/mol. The van der Waals surface area contributed by atoms with Crippen LogP contribution in [-0.2, 0) is 19.1 Å². The van der Waals surface area contributed by atoms with Gasteiger partial charge in [0.05, 0.1) is 6.42 Å². The normalized spacial score (nSPS) is 10.3. The van der Waals surface area contributed by atoms with Gasteiger partial charge in [-0.3, -0.25) is 14.4 Å². The van der Waals surface area contributed by atoms with Crippen LogP contribution in [0, 0.1) is 20.8 Å². The predicted octanol–water partition coefficient (Wildman–Crippen LogP) is 5.30. The molecule has 0 bridgehead atoms. The van der Waals surface area contributed by atoms with Gasteiger partial charge in [-0.05, 0) is 80.4 Å². The Balaban J connectivity index is 1.38. The van der Waals surface area contributed by atoms with Crippen molar-refractivity contribution in [3.63, 3.8) is 0 Å². The molecule has 0 heterocycles. The summed E-state index contributed by atoms with van der Waals surface area (Å²) in [6.07, 6.45) is -0.184. The summed E-state index contributed by atoms with van der Waals surface area (Å²) >= 11 is 0. The van der Waals surface area contributed by atoms with Gasteiger partial charge in [0.2, 0.25) is 5.91 Å². The Labute approximate surface area is 199 Å². The number of esters is 1. The lowest BCUT2D eigenvalue weighted by Crippen LogP contribution is -2.21. The molecule has 2 amide bonds. The van der Waals surface area contributed by atoms with Crippen LogP contribution in [-0.4, -0.2) is 24.4 Å². The average Bonchev–Trinajstić information content (AvgIpc) is 2.78. The van der Waals surface area contributed by atoms with Gasteiger partial charge in [-0.1, -0.05) is 23.8 Å². The molecule has 34 heavy (non-hydrogen) atoms. The number of ether oxygens (including phenoxy) is 2. The number of carbonyl (C=O) groups is 3. The highest BCUT2D eigenvalue weighted by molar-refractivity contribution is 5.94. The molecule has 3 aromatic rings. The van der Waals surface area contributed by atoms with Crippen molar-refractivity contribution in [2.45, 2.75) is 33.6 Å². The molecular formula is C27H28N2O5. The zero-order valence-corrected chi connectivity index (χ0v) is 19.5. The molecule has 0 aliphatic heterocycles. The van der Waals surface area contributed by atoms with E-state index in [4.69, 9.17) is 9.47 Å². The van der Waals surface area contributed by atoms with Gasteiger partial charge in [-0.2, -0.15) is 0 Å². The highest BCUT2D eigenvalue weighted by Crippen LogP contribution is 2.25. The van der Waals surface area contributed by atoms with Gasteiger partial charge >= 0.3 is 5.97 Å². The van der Waals surface area contributed by atoms with Gasteiger partial charge in [-0.15, -0.1) is 0 Å². The molecule has 0 aromatic heterocycles. The van der Waals surface area contributed by atoms with Gasteiger partial charge in [-0.25, -0.2) is 0 Å². The summed E-state index contributed by atoms with van der Waals surface area (Å²) in [6.45, 7) is 5.56. The lowest BCUT2D eigenvalue weighted by atomic mass is 10.1. The van der Waals surface area contributed by atoms with Crippen molar-refractivity contribution >= 4 is 29.2 Å². The van der Waals surface area contributed by atoms with Crippen molar-refractivity contribution in [1.29, 1.82) is 0 Å². The monoisotopic (exact) mass is 460 g/mol. The fourth-order valence-electron chi connectivity index (χ4n) is 3.23. The molecule has 176 valence electrons. The Hall–Kier alpha value is -4.13. The molecule has 0 saturated heterocycles. The van der Waals surface area contributed by atoms with E-state index in [0.717, 1.165) is 22.4 Å². The van der Waals surface area contributed by atoms with Crippen LogP contribution >= 0.6 is 0 Å². The predicted molar refractivity (Wildman–Crippen MR) is 131 cm³/mol. The van der Waals surface area contributed by atoms with Crippen LogP contribution in [0.15, 0.2) is 66.7 Å². The van der Waals surface area contributed by atoms with E-state index in [1.165, 1.54) is 0 Å². The highest BCUT2D eigenvalue weighted by Gasteiger charge is 2.11. The third-order valence-electron chi connectivity index (χ3n) is 4.82. The number of anilines is 2. The summed E-state index contributed by atoms with van der Waals surface area (Å²) in [5.41, 5.74) is 4.51. The maximum absolute atomic E-state index is 12.1. The minimum Gasteiger partial charge on any atom is -0.457 e. The van der Waals surface area contributed by atoms with Crippen LogP contribution in [0.3, 0.4) is 0 Å². The molecule has 0 atom stereocenters. The summed E-state index contributed by atoms with van der Waals surface area (Å²) < 4.78 is 10.8. The highest BCUT2D eigenvalue weighted by atomic mass is 16.5. The van der Waals surface area contributed by atoms with Crippen LogP contribution in [0.2, 0.25) is 0 Å². The van der Waals surface area contributed by atoms with Crippen LogP contribution in [0.4, 0.5) is 11.4 Å². The first kappa shape index (κ1) is 24.5. The molecule has 3 rings (SSSR count). The quantitative estimate of drug-likeness (QED) is 0.423. The third kappa shape index (κ3) is 8.09. The molecule has 0 aliphatic carbocycles. The molecule has 3 aromatic carbocycles. The molecule has 0 unspecified atom stereocenters. The second-order valence-corrected chi connectivity index (χ2v) is 8.07. The Kier molecular flexibility index (Phi) is 8.40. The fraction of sp³-hybridized carbons (Fsp3) is 0.222. The van der Waals surface area contributed by atoms with E-state index in [1.54, 1.807) is 36.4 Å². The molecule has 0 spiro atoms. The lowest BCUT2D eigenvalue weighted by Gasteiger charge is -2.10. The van der Waals surface area contributed by atoms with Crippen LogP contribution < -0.4 is 15.4 Å². The molecule has 2 N–H and O–H groups in total. The van der Waals surface area contributed by atoms with Gasteiger partial charge in [0, 0.05) is 17.8 Å². The minimum absolute atomic E-state index is 0.0563. The number of hydrogen-bond acceptors (Lipinski definition) is 5.